The van der Waals surface area contributed by atoms with E-state index in [1.165, 1.54) is 0 Å². The molecule has 4 rings (SSSR count). The van der Waals surface area contributed by atoms with Crippen LogP contribution in [0, 0.1) is 0 Å². The maximum absolute atomic E-state index is 12.6. The number of pyridine rings is 1. The summed E-state index contributed by atoms with van der Waals surface area (Å²) in [6.07, 6.45) is 5.16. The van der Waals surface area contributed by atoms with Crippen molar-refractivity contribution in [1.29, 1.82) is 0 Å². The molecule has 1 fully saturated rings. The first kappa shape index (κ1) is 19.0. The van der Waals surface area contributed by atoms with Gasteiger partial charge in [-0.2, -0.15) is 0 Å². The summed E-state index contributed by atoms with van der Waals surface area (Å²) in [5.74, 6) is 1.01. The van der Waals surface area contributed by atoms with Crippen molar-refractivity contribution in [3.63, 3.8) is 0 Å². The maximum Gasteiger partial charge on any atom is 0.240 e. The zero-order chi connectivity index (χ0) is 20.1. The Bertz CT molecular complexity index is 942. The molecule has 7 nitrogen and oxygen atoms in total. The van der Waals surface area contributed by atoms with Gasteiger partial charge in [0.25, 0.3) is 0 Å². The Kier molecular flexibility index (Phi) is 5.76. The molecule has 0 saturated carbocycles. The van der Waals surface area contributed by atoms with Crippen molar-refractivity contribution in [3.05, 3.63) is 67.3 Å². The van der Waals surface area contributed by atoms with E-state index < -0.39 is 0 Å². The number of piperazine rings is 1. The molecule has 0 bridgehead atoms. The van der Waals surface area contributed by atoms with Gasteiger partial charge >= 0.3 is 0 Å². The number of para-hydroxylation sites is 1. The Morgan fingerprint density at radius 2 is 1.83 bits per heavy atom. The molecule has 148 valence electrons. The molecule has 0 unspecified atom stereocenters. The van der Waals surface area contributed by atoms with Crippen LogP contribution in [0.5, 0.6) is 0 Å². The number of carbonyl (C=O) groups is 1. The van der Waals surface area contributed by atoms with E-state index in [0.717, 1.165) is 48.9 Å². The molecule has 7 heteroatoms. The van der Waals surface area contributed by atoms with Gasteiger partial charge in [0, 0.05) is 62.9 Å². The third-order valence-electron chi connectivity index (χ3n) is 5.18. The number of hydrogen-bond acceptors (Lipinski definition) is 6. The summed E-state index contributed by atoms with van der Waals surface area (Å²) in [6, 6.07) is 15.6. The van der Waals surface area contributed by atoms with Crippen LogP contribution in [0.3, 0.4) is 0 Å². The molecule has 1 aromatic carbocycles. The molecule has 2 aromatic heterocycles. The average Bonchev–Trinajstić information content (AvgIpc) is 2.80. The van der Waals surface area contributed by atoms with Crippen molar-refractivity contribution in [2.75, 3.05) is 49.6 Å². The first-order chi connectivity index (χ1) is 14.2. The SMILES string of the molecule is CN(C(=O)CN1CCN(c2cc(-c3cccnc3)ncn2)CC1)c1ccccc1. The largest absolute Gasteiger partial charge is 0.354 e. The number of likely N-dealkylation sites (N-methyl/N-ethyl adjacent to an activating group) is 1. The highest BCUT2D eigenvalue weighted by atomic mass is 16.2. The second-order valence-corrected chi connectivity index (χ2v) is 7.05. The molecule has 1 amide bonds. The topological polar surface area (TPSA) is 65.5 Å². The maximum atomic E-state index is 12.6. The molecule has 1 aliphatic heterocycles. The third-order valence-corrected chi connectivity index (χ3v) is 5.18. The van der Waals surface area contributed by atoms with E-state index in [1.54, 1.807) is 23.6 Å². The van der Waals surface area contributed by atoms with E-state index in [9.17, 15) is 4.79 Å². The van der Waals surface area contributed by atoms with Crippen molar-refractivity contribution >= 4 is 17.4 Å². The van der Waals surface area contributed by atoms with Crippen LogP contribution in [0.4, 0.5) is 11.5 Å². The van der Waals surface area contributed by atoms with Crippen molar-refractivity contribution in [3.8, 4) is 11.3 Å². The van der Waals surface area contributed by atoms with Gasteiger partial charge in [-0.3, -0.25) is 14.7 Å². The number of carbonyl (C=O) groups excluding carboxylic acids is 1. The number of aromatic nitrogens is 3. The molecule has 1 aliphatic rings. The number of anilines is 2. The molecule has 0 N–H and O–H groups in total. The fraction of sp³-hybridized carbons (Fsp3) is 0.273. The minimum Gasteiger partial charge on any atom is -0.354 e. The lowest BCUT2D eigenvalue weighted by Crippen LogP contribution is -2.50. The van der Waals surface area contributed by atoms with Crippen LogP contribution in [0.25, 0.3) is 11.3 Å². The van der Waals surface area contributed by atoms with Gasteiger partial charge in [-0.05, 0) is 24.3 Å². The summed E-state index contributed by atoms with van der Waals surface area (Å²) >= 11 is 0. The van der Waals surface area contributed by atoms with Gasteiger partial charge in [-0.1, -0.05) is 18.2 Å². The molecule has 3 aromatic rings. The van der Waals surface area contributed by atoms with Crippen molar-refractivity contribution in [2.45, 2.75) is 0 Å². The highest BCUT2D eigenvalue weighted by Crippen LogP contribution is 2.21. The predicted molar refractivity (Wildman–Crippen MR) is 114 cm³/mol. The molecule has 1 saturated heterocycles. The van der Waals surface area contributed by atoms with E-state index in [2.05, 4.69) is 24.8 Å². The zero-order valence-electron chi connectivity index (χ0n) is 16.5. The van der Waals surface area contributed by atoms with Gasteiger partial charge in [-0.25, -0.2) is 9.97 Å². The van der Waals surface area contributed by atoms with Crippen LogP contribution in [0.1, 0.15) is 0 Å². The Balaban J connectivity index is 1.34. The van der Waals surface area contributed by atoms with Crippen molar-refractivity contribution in [2.24, 2.45) is 0 Å². The van der Waals surface area contributed by atoms with Gasteiger partial charge in [-0.15, -0.1) is 0 Å². The van der Waals surface area contributed by atoms with Crippen LogP contribution in [-0.2, 0) is 4.79 Å². The van der Waals surface area contributed by atoms with E-state index in [0.29, 0.717) is 6.54 Å². The van der Waals surface area contributed by atoms with E-state index >= 15 is 0 Å². The lowest BCUT2D eigenvalue weighted by Gasteiger charge is -2.35. The molecule has 29 heavy (non-hydrogen) atoms. The number of nitrogens with zero attached hydrogens (tertiary/aromatic N) is 6. The smallest absolute Gasteiger partial charge is 0.240 e. The van der Waals surface area contributed by atoms with E-state index in [-0.39, 0.29) is 5.91 Å². The minimum atomic E-state index is 0.102. The molecule has 0 radical (unpaired) electrons. The molecule has 0 aliphatic carbocycles. The zero-order valence-corrected chi connectivity index (χ0v) is 16.5. The first-order valence-electron chi connectivity index (χ1n) is 9.72. The molecule has 3 heterocycles. The fourth-order valence-corrected chi connectivity index (χ4v) is 3.42. The van der Waals surface area contributed by atoms with Crippen molar-refractivity contribution in [1.82, 2.24) is 19.9 Å². The normalized spacial score (nSPS) is 14.6. The third kappa shape index (κ3) is 4.57. The van der Waals surface area contributed by atoms with Crippen LogP contribution < -0.4 is 9.80 Å². The quantitative estimate of drug-likeness (QED) is 0.668. The second-order valence-electron chi connectivity index (χ2n) is 7.05. The summed E-state index contributed by atoms with van der Waals surface area (Å²) in [5.41, 5.74) is 2.76. The van der Waals surface area contributed by atoms with Crippen LogP contribution in [-0.4, -0.2) is 65.5 Å². The Hall–Kier alpha value is -3.32. The Labute approximate surface area is 170 Å². The number of benzene rings is 1. The summed E-state index contributed by atoms with van der Waals surface area (Å²) in [5, 5.41) is 0. The Morgan fingerprint density at radius 1 is 1.03 bits per heavy atom. The standard InChI is InChI=1S/C22H24N6O/c1-26(19-7-3-2-4-8-19)22(29)16-27-10-12-28(13-11-27)21-14-20(24-17-25-21)18-6-5-9-23-15-18/h2-9,14-15,17H,10-13,16H2,1H3. The number of hydrogen-bond donors (Lipinski definition) is 0. The van der Waals surface area contributed by atoms with Gasteiger partial charge in [0.1, 0.15) is 12.1 Å². The Morgan fingerprint density at radius 3 is 2.55 bits per heavy atom. The predicted octanol–water partition coefficient (Wildman–Crippen LogP) is 2.32. The van der Waals surface area contributed by atoms with Gasteiger partial charge < -0.3 is 9.80 Å². The van der Waals surface area contributed by atoms with E-state index in [1.807, 2.05) is 55.6 Å². The van der Waals surface area contributed by atoms with Gasteiger partial charge in [0.2, 0.25) is 5.91 Å². The van der Waals surface area contributed by atoms with E-state index in [4.69, 9.17) is 0 Å². The number of amides is 1. The van der Waals surface area contributed by atoms with Crippen molar-refractivity contribution < 1.29 is 4.79 Å². The van der Waals surface area contributed by atoms with Crippen LogP contribution in [0.15, 0.2) is 67.3 Å². The number of rotatable bonds is 5. The molecule has 0 spiro atoms. The molecule has 0 atom stereocenters. The minimum absolute atomic E-state index is 0.102. The highest BCUT2D eigenvalue weighted by molar-refractivity contribution is 5.94. The highest BCUT2D eigenvalue weighted by Gasteiger charge is 2.22. The summed E-state index contributed by atoms with van der Waals surface area (Å²) in [6.45, 7) is 3.71. The second kappa shape index (κ2) is 8.79. The summed E-state index contributed by atoms with van der Waals surface area (Å²) in [7, 11) is 1.83. The van der Waals surface area contributed by atoms with Gasteiger partial charge in [0.15, 0.2) is 0 Å². The average molecular weight is 388 g/mol. The molecular formula is C22H24N6O. The lowest BCUT2D eigenvalue weighted by atomic mass is 10.2. The monoisotopic (exact) mass is 388 g/mol. The van der Waals surface area contributed by atoms with Crippen LogP contribution >= 0.6 is 0 Å². The first-order valence-corrected chi connectivity index (χ1v) is 9.72. The lowest BCUT2D eigenvalue weighted by molar-refractivity contribution is -0.119. The summed E-state index contributed by atoms with van der Waals surface area (Å²) in [4.78, 5) is 31.7. The van der Waals surface area contributed by atoms with Crippen LogP contribution in [0.2, 0.25) is 0 Å². The molecular weight excluding hydrogens is 364 g/mol. The fourth-order valence-electron chi connectivity index (χ4n) is 3.42. The van der Waals surface area contributed by atoms with Gasteiger partial charge in [0.05, 0.1) is 12.2 Å². The summed E-state index contributed by atoms with van der Waals surface area (Å²) < 4.78 is 0.